The van der Waals surface area contributed by atoms with Gasteiger partial charge in [-0.3, -0.25) is 10.1 Å². The molecule has 112 valence electrons. The molecule has 0 N–H and O–H groups in total. The molecule has 0 amide bonds. The second-order valence-electron chi connectivity index (χ2n) is 4.56. The molecule has 1 aromatic heterocycles. The third kappa shape index (κ3) is 3.11. The Morgan fingerprint density at radius 2 is 2.10 bits per heavy atom. The van der Waals surface area contributed by atoms with Crippen molar-refractivity contribution in [1.82, 2.24) is 9.78 Å². The lowest BCUT2D eigenvalue weighted by atomic mass is 10.2. The SMILES string of the molecule is Cc1cc(Br)cc([N+](=O)[O-])c1Oc1c(CBr)c(C)nn1C. The van der Waals surface area contributed by atoms with Crippen LogP contribution in [-0.4, -0.2) is 14.7 Å². The molecule has 0 spiro atoms. The highest BCUT2D eigenvalue weighted by atomic mass is 79.9. The normalized spacial score (nSPS) is 10.7. The zero-order valence-electron chi connectivity index (χ0n) is 11.7. The molecule has 0 saturated carbocycles. The highest BCUT2D eigenvalue weighted by molar-refractivity contribution is 9.10. The molecular formula is C13H13Br2N3O3. The molecule has 6 nitrogen and oxygen atoms in total. The van der Waals surface area contributed by atoms with Crippen LogP contribution >= 0.6 is 31.9 Å². The number of aryl methyl sites for hydroxylation is 3. The van der Waals surface area contributed by atoms with E-state index in [0.717, 1.165) is 11.3 Å². The van der Waals surface area contributed by atoms with Gasteiger partial charge in [-0.1, -0.05) is 31.9 Å². The Morgan fingerprint density at radius 3 is 2.67 bits per heavy atom. The first-order valence-electron chi connectivity index (χ1n) is 6.06. The number of alkyl halides is 1. The van der Waals surface area contributed by atoms with Gasteiger partial charge in [-0.25, -0.2) is 4.68 Å². The van der Waals surface area contributed by atoms with Crippen molar-refractivity contribution in [2.24, 2.45) is 7.05 Å². The van der Waals surface area contributed by atoms with Crippen molar-refractivity contribution in [3.05, 3.63) is 43.5 Å². The van der Waals surface area contributed by atoms with Crippen LogP contribution in [0.15, 0.2) is 16.6 Å². The molecule has 1 heterocycles. The molecule has 0 aliphatic rings. The standard InChI is InChI=1S/C13H13Br2N3O3/c1-7-4-9(15)5-11(18(19)20)12(7)21-13-10(6-14)8(2)16-17(13)3/h4-5H,6H2,1-3H3. The van der Waals surface area contributed by atoms with Crippen molar-refractivity contribution in [2.45, 2.75) is 19.2 Å². The Bertz CT molecular complexity index is 713. The second kappa shape index (κ2) is 6.15. The maximum absolute atomic E-state index is 11.2. The first kappa shape index (κ1) is 16.0. The van der Waals surface area contributed by atoms with E-state index in [4.69, 9.17) is 4.74 Å². The van der Waals surface area contributed by atoms with E-state index in [1.54, 1.807) is 24.7 Å². The van der Waals surface area contributed by atoms with E-state index in [1.165, 1.54) is 6.07 Å². The van der Waals surface area contributed by atoms with E-state index in [9.17, 15) is 10.1 Å². The van der Waals surface area contributed by atoms with E-state index in [1.807, 2.05) is 6.92 Å². The minimum atomic E-state index is -0.454. The van der Waals surface area contributed by atoms with E-state index in [0.29, 0.717) is 21.2 Å². The number of aromatic nitrogens is 2. The molecule has 0 atom stereocenters. The van der Waals surface area contributed by atoms with Gasteiger partial charge in [0.1, 0.15) is 0 Å². The van der Waals surface area contributed by atoms with Crippen LogP contribution < -0.4 is 4.74 Å². The van der Waals surface area contributed by atoms with Gasteiger partial charge in [0, 0.05) is 34.0 Å². The van der Waals surface area contributed by atoms with Crippen LogP contribution in [0.25, 0.3) is 0 Å². The molecule has 0 aliphatic heterocycles. The van der Waals surface area contributed by atoms with Gasteiger partial charge < -0.3 is 4.74 Å². The van der Waals surface area contributed by atoms with Crippen LogP contribution in [0.1, 0.15) is 16.8 Å². The van der Waals surface area contributed by atoms with Gasteiger partial charge in [-0.15, -0.1) is 0 Å². The number of ether oxygens (including phenoxy) is 1. The summed E-state index contributed by atoms with van der Waals surface area (Å²) in [7, 11) is 1.74. The average molecular weight is 419 g/mol. The number of hydrogen-bond donors (Lipinski definition) is 0. The molecule has 1 aromatic carbocycles. The van der Waals surface area contributed by atoms with Crippen LogP contribution in [0.3, 0.4) is 0 Å². The number of halogens is 2. The summed E-state index contributed by atoms with van der Waals surface area (Å²) < 4.78 is 8.06. The lowest BCUT2D eigenvalue weighted by Gasteiger charge is -2.11. The number of rotatable bonds is 4. The summed E-state index contributed by atoms with van der Waals surface area (Å²) in [6, 6.07) is 3.21. The summed E-state index contributed by atoms with van der Waals surface area (Å²) in [5, 5.41) is 16.1. The average Bonchev–Trinajstić information content (AvgIpc) is 2.66. The fraction of sp³-hybridized carbons (Fsp3) is 0.308. The van der Waals surface area contributed by atoms with E-state index in [-0.39, 0.29) is 11.4 Å². The molecule has 0 aliphatic carbocycles. The van der Waals surface area contributed by atoms with Crippen molar-refractivity contribution in [2.75, 3.05) is 0 Å². The quantitative estimate of drug-likeness (QED) is 0.419. The van der Waals surface area contributed by atoms with Crippen molar-refractivity contribution in [1.29, 1.82) is 0 Å². The Labute approximate surface area is 138 Å². The minimum Gasteiger partial charge on any atom is -0.431 e. The maximum Gasteiger partial charge on any atom is 0.313 e. The molecule has 0 unspecified atom stereocenters. The summed E-state index contributed by atoms with van der Waals surface area (Å²) in [4.78, 5) is 10.8. The summed E-state index contributed by atoms with van der Waals surface area (Å²) in [5.74, 6) is 0.728. The van der Waals surface area contributed by atoms with Crippen molar-refractivity contribution >= 4 is 37.5 Å². The highest BCUT2D eigenvalue weighted by Crippen LogP contribution is 2.38. The van der Waals surface area contributed by atoms with Gasteiger partial charge in [0.25, 0.3) is 0 Å². The zero-order chi connectivity index (χ0) is 15.7. The number of nitro benzene ring substituents is 1. The molecular weight excluding hydrogens is 406 g/mol. The summed E-state index contributed by atoms with van der Waals surface area (Å²) in [6.07, 6.45) is 0. The Balaban J connectivity index is 2.57. The van der Waals surface area contributed by atoms with E-state index in [2.05, 4.69) is 37.0 Å². The Hall–Kier alpha value is -1.41. The molecule has 2 aromatic rings. The van der Waals surface area contributed by atoms with Crippen molar-refractivity contribution < 1.29 is 9.66 Å². The van der Waals surface area contributed by atoms with Crippen LogP contribution in [0.4, 0.5) is 5.69 Å². The zero-order valence-corrected chi connectivity index (χ0v) is 14.9. The van der Waals surface area contributed by atoms with Crippen molar-refractivity contribution in [3.63, 3.8) is 0 Å². The maximum atomic E-state index is 11.2. The van der Waals surface area contributed by atoms with Gasteiger partial charge in [0.05, 0.1) is 10.6 Å². The monoisotopic (exact) mass is 417 g/mol. The van der Waals surface area contributed by atoms with E-state index < -0.39 is 4.92 Å². The number of benzene rings is 1. The van der Waals surface area contributed by atoms with Gasteiger partial charge in [0.2, 0.25) is 11.6 Å². The van der Waals surface area contributed by atoms with Crippen molar-refractivity contribution in [3.8, 4) is 11.6 Å². The van der Waals surface area contributed by atoms with Gasteiger partial charge >= 0.3 is 5.69 Å². The first-order valence-corrected chi connectivity index (χ1v) is 7.97. The van der Waals surface area contributed by atoms with Gasteiger partial charge in [-0.05, 0) is 19.9 Å². The topological polar surface area (TPSA) is 70.2 Å². The van der Waals surface area contributed by atoms with Gasteiger partial charge in [0.15, 0.2) is 0 Å². The predicted octanol–water partition coefficient (Wildman–Crippen LogP) is 4.39. The predicted molar refractivity (Wildman–Crippen MR) is 86.2 cm³/mol. The molecule has 8 heteroatoms. The van der Waals surface area contributed by atoms with Crippen LogP contribution in [-0.2, 0) is 12.4 Å². The lowest BCUT2D eigenvalue weighted by Crippen LogP contribution is -2.01. The van der Waals surface area contributed by atoms with E-state index >= 15 is 0 Å². The molecule has 0 fully saturated rings. The fourth-order valence-electron chi connectivity index (χ4n) is 2.04. The molecule has 21 heavy (non-hydrogen) atoms. The lowest BCUT2D eigenvalue weighted by molar-refractivity contribution is -0.385. The number of hydrogen-bond acceptors (Lipinski definition) is 4. The third-order valence-corrected chi connectivity index (χ3v) is 4.06. The number of nitro groups is 1. The molecule has 0 radical (unpaired) electrons. The largest absolute Gasteiger partial charge is 0.431 e. The van der Waals surface area contributed by atoms with Crippen LogP contribution in [0, 0.1) is 24.0 Å². The van der Waals surface area contributed by atoms with Crippen LogP contribution in [0.2, 0.25) is 0 Å². The summed E-state index contributed by atoms with van der Waals surface area (Å²) >= 11 is 6.65. The smallest absolute Gasteiger partial charge is 0.313 e. The van der Waals surface area contributed by atoms with Crippen LogP contribution in [0.5, 0.6) is 11.6 Å². The summed E-state index contributed by atoms with van der Waals surface area (Å²) in [6.45, 7) is 3.64. The Morgan fingerprint density at radius 1 is 1.43 bits per heavy atom. The third-order valence-electron chi connectivity index (χ3n) is 3.04. The minimum absolute atomic E-state index is 0.0822. The molecule has 2 rings (SSSR count). The molecule has 0 saturated heterocycles. The highest BCUT2D eigenvalue weighted by Gasteiger charge is 2.23. The van der Waals surface area contributed by atoms with Gasteiger partial charge in [-0.2, -0.15) is 5.10 Å². The first-order chi connectivity index (χ1) is 9.85. The fourth-order valence-corrected chi connectivity index (χ4v) is 3.25. The second-order valence-corrected chi connectivity index (χ2v) is 6.03. The molecule has 0 bridgehead atoms. The summed E-state index contributed by atoms with van der Waals surface area (Å²) in [5.41, 5.74) is 2.28. The number of nitrogens with zero attached hydrogens (tertiary/aromatic N) is 3. The Kier molecular flexibility index (Phi) is 4.67.